The number of carboxylic acid groups (broad SMARTS) is 1. The van der Waals surface area contributed by atoms with Gasteiger partial charge in [0, 0.05) is 7.05 Å². The molecule has 33 heavy (non-hydrogen) atoms. The van der Waals surface area contributed by atoms with Gasteiger partial charge >= 0.3 is 5.97 Å². The van der Waals surface area contributed by atoms with Crippen LogP contribution in [0.3, 0.4) is 0 Å². The second-order valence-corrected chi connectivity index (χ2v) is 10.7. The lowest BCUT2D eigenvalue weighted by Crippen LogP contribution is -2.43. The van der Waals surface area contributed by atoms with Crippen molar-refractivity contribution in [2.45, 2.75) is 11.3 Å². The predicted molar refractivity (Wildman–Crippen MR) is 125 cm³/mol. The number of fused-ring (bicyclic) bond motifs is 1. The van der Waals surface area contributed by atoms with Gasteiger partial charge in [-0.25, -0.2) is 18.1 Å². The summed E-state index contributed by atoms with van der Waals surface area (Å²) >= 11 is 13.2. The van der Waals surface area contributed by atoms with Crippen LogP contribution in [0, 0.1) is 0 Å². The van der Waals surface area contributed by atoms with Gasteiger partial charge in [0.1, 0.15) is 4.88 Å². The van der Waals surface area contributed by atoms with Crippen molar-refractivity contribution in [3.05, 3.63) is 73.9 Å². The first kappa shape index (κ1) is 23.2. The quantitative estimate of drug-likeness (QED) is 0.497. The van der Waals surface area contributed by atoms with E-state index in [0.29, 0.717) is 5.56 Å². The molecule has 1 aliphatic heterocycles. The summed E-state index contributed by atoms with van der Waals surface area (Å²) < 4.78 is 27.5. The number of benzene rings is 2. The number of anilines is 2. The molecule has 0 unspecified atom stereocenters. The molecule has 0 saturated heterocycles. The van der Waals surface area contributed by atoms with Crippen LogP contribution in [0.1, 0.15) is 25.6 Å². The van der Waals surface area contributed by atoms with E-state index in [1.807, 2.05) is 0 Å². The highest BCUT2D eigenvalue weighted by Crippen LogP contribution is 2.37. The molecule has 0 bridgehead atoms. The first-order valence-electron chi connectivity index (χ1n) is 9.28. The Morgan fingerprint density at radius 1 is 1.12 bits per heavy atom. The Labute approximate surface area is 202 Å². The van der Waals surface area contributed by atoms with E-state index in [9.17, 15) is 27.9 Å². The fourth-order valence-electron chi connectivity index (χ4n) is 3.45. The zero-order chi connectivity index (χ0) is 24.1. The molecule has 12 heteroatoms. The molecule has 8 nitrogen and oxygen atoms in total. The Morgan fingerprint density at radius 2 is 1.82 bits per heavy atom. The number of para-hydroxylation sites is 1. The molecule has 170 valence electrons. The van der Waals surface area contributed by atoms with E-state index in [2.05, 4.69) is 0 Å². The Kier molecular flexibility index (Phi) is 5.95. The maximum Gasteiger partial charge on any atom is 0.346 e. The molecule has 1 aliphatic rings. The lowest BCUT2D eigenvalue weighted by atomic mass is 10.0. The molecular formula is C21H14Cl2N2O6S2. The van der Waals surface area contributed by atoms with Gasteiger partial charge in [-0.1, -0.05) is 35.3 Å². The highest BCUT2D eigenvalue weighted by molar-refractivity contribution is 7.92. The van der Waals surface area contributed by atoms with E-state index in [1.165, 1.54) is 30.6 Å². The Morgan fingerprint density at radius 3 is 2.48 bits per heavy atom. The molecule has 2 heterocycles. The van der Waals surface area contributed by atoms with Crippen molar-refractivity contribution < 1.29 is 27.9 Å². The maximum atomic E-state index is 13.3. The minimum Gasteiger partial charge on any atom is -0.477 e. The van der Waals surface area contributed by atoms with E-state index in [4.69, 9.17) is 23.2 Å². The number of carbonyl (C=O) groups is 3. The van der Waals surface area contributed by atoms with E-state index in [1.54, 1.807) is 18.2 Å². The third kappa shape index (κ3) is 3.89. The number of amides is 2. The lowest BCUT2D eigenvalue weighted by Gasteiger charge is -2.27. The van der Waals surface area contributed by atoms with Crippen molar-refractivity contribution in [3.63, 3.8) is 0 Å². The molecule has 3 aromatic rings. The summed E-state index contributed by atoms with van der Waals surface area (Å²) in [5.41, 5.74) is 0.273. The van der Waals surface area contributed by atoms with Crippen LogP contribution < -0.4 is 9.21 Å². The van der Waals surface area contributed by atoms with Gasteiger partial charge in [0.15, 0.2) is 0 Å². The van der Waals surface area contributed by atoms with Crippen LogP contribution in [0.25, 0.3) is 0 Å². The fraction of sp³-hybridized carbons (Fsp3) is 0.0952. The van der Waals surface area contributed by atoms with E-state index >= 15 is 0 Å². The average Bonchev–Trinajstić information content (AvgIpc) is 3.19. The van der Waals surface area contributed by atoms with Crippen LogP contribution in [0.2, 0.25) is 10.0 Å². The summed E-state index contributed by atoms with van der Waals surface area (Å²) in [4.78, 5) is 37.7. The zero-order valence-corrected chi connectivity index (χ0v) is 19.9. The Balaban J connectivity index is 1.80. The number of rotatable bonds is 5. The van der Waals surface area contributed by atoms with Gasteiger partial charge in [-0.2, -0.15) is 0 Å². The van der Waals surface area contributed by atoms with Gasteiger partial charge in [0.25, 0.3) is 15.9 Å². The maximum absolute atomic E-state index is 13.3. The molecule has 2 aromatic carbocycles. The van der Waals surface area contributed by atoms with Crippen molar-refractivity contribution in [2.24, 2.45) is 0 Å². The van der Waals surface area contributed by atoms with Crippen molar-refractivity contribution in [1.29, 1.82) is 0 Å². The second-order valence-electron chi connectivity index (χ2n) is 7.02. The number of aromatic carboxylic acids is 1. The summed E-state index contributed by atoms with van der Waals surface area (Å²) in [6.07, 6.45) is -0.225. The molecule has 0 aliphatic carbocycles. The monoisotopic (exact) mass is 524 g/mol. The van der Waals surface area contributed by atoms with Crippen LogP contribution in [-0.4, -0.2) is 38.4 Å². The van der Waals surface area contributed by atoms with Gasteiger partial charge in [-0.15, -0.1) is 11.3 Å². The van der Waals surface area contributed by atoms with Crippen LogP contribution in [0.15, 0.2) is 52.7 Å². The molecule has 0 radical (unpaired) electrons. The smallest absolute Gasteiger partial charge is 0.346 e. The molecule has 4 rings (SSSR count). The second kappa shape index (κ2) is 8.45. The van der Waals surface area contributed by atoms with E-state index in [0.717, 1.165) is 26.6 Å². The summed E-state index contributed by atoms with van der Waals surface area (Å²) in [7, 11) is -2.83. The molecule has 1 N–H and O–H groups in total. The highest BCUT2D eigenvalue weighted by Gasteiger charge is 2.38. The number of carbonyl (C=O) groups excluding carboxylic acids is 2. The first-order valence-corrected chi connectivity index (χ1v) is 12.4. The van der Waals surface area contributed by atoms with Gasteiger partial charge in [0.2, 0.25) is 5.91 Å². The number of thiophene rings is 1. The van der Waals surface area contributed by atoms with Crippen LogP contribution in [0.4, 0.5) is 11.4 Å². The minimum absolute atomic E-state index is 0.0494. The summed E-state index contributed by atoms with van der Waals surface area (Å²) in [6.45, 7) is 0. The SMILES string of the molecule is CN(c1ccccc1Cl)S(=O)(=O)c1ccc(Cl)c(N2C(=O)Cc3csc(C(=O)O)c3C2=O)c1. The topological polar surface area (TPSA) is 112 Å². The Bertz CT molecular complexity index is 1430. The number of hydrogen-bond donors (Lipinski definition) is 1. The number of carboxylic acids is 1. The fourth-order valence-corrected chi connectivity index (χ4v) is 6.09. The van der Waals surface area contributed by atoms with Crippen LogP contribution in [-0.2, 0) is 21.2 Å². The molecule has 0 atom stereocenters. The summed E-state index contributed by atoms with van der Waals surface area (Å²) in [5.74, 6) is -2.83. The van der Waals surface area contributed by atoms with Crippen molar-refractivity contribution in [2.75, 3.05) is 16.3 Å². The molecule has 0 spiro atoms. The Hall–Kier alpha value is -2.92. The third-order valence-corrected chi connectivity index (χ3v) is 8.50. The van der Waals surface area contributed by atoms with Crippen molar-refractivity contribution in [3.8, 4) is 0 Å². The highest BCUT2D eigenvalue weighted by atomic mass is 35.5. The van der Waals surface area contributed by atoms with E-state index in [-0.39, 0.29) is 43.2 Å². The average molecular weight is 525 g/mol. The number of halogens is 2. The summed E-state index contributed by atoms with van der Waals surface area (Å²) in [5, 5.41) is 11.0. The number of sulfonamides is 1. The van der Waals surface area contributed by atoms with Crippen molar-refractivity contribution in [1.82, 2.24) is 0 Å². The third-order valence-electron chi connectivity index (χ3n) is 5.08. The zero-order valence-electron chi connectivity index (χ0n) is 16.8. The molecule has 0 saturated carbocycles. The van der Waals surface area contributed by atoms with Gasteiger partial charge in [-0.3, -0.25) is 13.9 Å². The molecule has 1 aromatic heterocycles. The van der Waals surface area contributed by atoms with Gasteiger partial charge in [-0.05, 0) is 41.3 Å². The molecule has 0 fully saturated rings. The standard InChI is InChI=1S/C21H14Cl2N2O6S2/c1-24(15-5-3-2-4-13(15)22)33(30,31)12-6-7-14(23)16(9-12)25-17(26)8-11-10-32-19(21(28)29)18(11)20(25)27/h2-7,9-10H,8H2,1H3,(H,28,29). The van der Waals surface area contributed by atoms with Gasteiger partial charge < -0.3 is 5.11 Å². The normalized spacial score (nSPS) is 13.7. The van der Waals surface area contributed by atoms with Crippen LogP contribution >= 0.6 is 34.5 Å². The minimum atomic E-state index is -4.15. The molecule has 2 amide bonds. The van der Waals surface area contributed by atoms with Gasteiger partial charge in [0.05, 0.1) is 38.3 Å². The van der Waals surface area contributed by atoms with Crippen molar-refractivity contribution >= 4 is 73.7 Å². The largest absolute Gasteiger partial charge is 0.477 e. The summed E-state index contributed by atoms with van der Waals surface area (Å²) in [6, 6.07) is 9.96. The lowest BCUT2D eigenvalue weighted by molar-refractivity contribution is -0.117. The van der Waals surface area contributed by atoms with E-state index < -0.39 is 27.8 Å². The molecular weight excluding hydrogens is 511 g/mol. The van der Waals surface area contributed by atoms with Crippen LogP contribution in [0.5, 0.6) is 0 Å². The predicted octanol–water partition coefficient (Wildman–Crippen LogP) is 4.31. The first-order chi connectivity index (χ1) is 15.5. The number of imide groups is 1. The number of nitrogens with zero attached hydrogens (tertiary/aromatic N) is 2. The number of hydrogen-bond acceptors (Lipinski definition) is 6.